The van der Waals surface area contributed by atoms with Gasteiger partial charge in [0.15, 0.2) is 0 Å². The van der Waals surface area contributed by atoms with E-state index in [4.69, 9.17) is 0 Å². The maximum atomic E-state index is 11.4. The Balaban J connectivity index is 1.69. The van der Waals surface area contributed by atoms with Gasteiger partial charge in [-0.2, -0.15) is 0 Å². The molecule has 0 aromatic carbocycles. The molecule has 2 heteroatoms. The third-order valence-corrected chi connectivity index (χ3v) is 5.24. The summed E-state index contributed by atoms with van der Waals surface area (Å²) >= 11 is 0. The highest BCUT2D eigenvalue weighted by molar-refractivity contribution is 5.81. The molecule has 0 spiro atoms. The molecule has 3 aliphatic rings. The van der Waals surface area contributed by atoms with Crippen molar-refractivity contribution in [2.45, 2.75) is 63.4 Å². The lowest BCUT2D eigenvalue weighted by atomic mass is 9.75. The minimum absolute atomic E-state index is 0.406. The molecule has 3 atom stereocenters. The van der Waals surface area contributed by atoms with Crippen LogP contribution >= 0.6 is 0 Å². The van der Waals surface area contributed by atoms with E-state index in [9.17, 15) is 9.90 Å². The fourth-order valence-corrected chi connectivity index (χ4v) is 4.44. The molecule has 3 fully saturated rings. The molecular weight excluding hydrogens is 200 g/mol. The number of fused-ring (bicyclic) bond motifs is 1. The first-order chi connectivity index (χ1) is 7.67. The highest BCUT2D eigenvalue weighted by atomic mass is 16.3. The number of rotatable bonds is 1. The number of carbonyl (C=O) groups is 1. The molecule has 3 saturated carbocycles. The quantitative estimate of drug-likeness (QED) is 0.740. The summed E-state index contributed by atoms with van der Waals surface area (Å²) < 4.78 is 0. The predicted octanol–water partition coefficient (Wildman–Crippen LogP) is 2.69. The summed E-state index contributed by atoms with van der Waals surface area (Å²) in [6, 6.07) is 0. The molecule has 90 valence electrons. The van der Waals surface area contributed by atoms with Gasteiger partial charge in [0.25, 0.3) is 0 Å². The molecule has 16 heavy (non-hydrogen) atoms. The van der Waals surface area contributed by atoms with E-state index < -0.39 is 5.60 Å². The standard InChI is InChI=1S/C14H22O2/c15-13-6-10-8-14(16,9-11(10)7-13)12-4-2-1-3-5-12/h10-12,16H,1-9H2/t10-,11+,14-. The van der Waals surface area contributed by atoms with Gasteiger partial charge in [-0.05, 0) is 43.4 Å². The third-order valence-electron chi connectivity index (χ3n) is 5.24. The minimum atomic E-state index is -0.406. The summed E-state index contributed by atoms with van der Waals surface area (Å²) in [6.45, 7) is 0. The maximum Gasteiger partial charge on any atom is 0.133 e. The number of hydrogen-bond donors (Lipinski definition) is 1. The first-order valence-electron chi connectivity index (χ1n) is 6.91. The van der Waals surface area contributed by atoms with Crippen molar-refractivity contribution in [1.29, 1.82) is 0 Å². The first kappa shape index (κ1) is 10.8. The second-order valence-electron chi connectivity index (χ2n) is 6.31. The Kier molecular flexibility index (Phi) is 2.58. The lowest BCUT2D eigenvalue weighted by Crippen LogP contribution is -2.37. The predicted molar refractivity (Wildman–Crippen MR) is 62.0 cm³/mol. The number of Topliss-reactive ketones (excluding diaryl/α,β-unsaturated/α-hetero) is 1. The molecule has 3 rings (SSSR count). The van der Waals surface area contributed by atoms with Gasteiger partial charge in [0.2, 0.25) is 0 Å². The molecule has 0 unspecified atom stereocenters. The molecule has 3 aliphatic carbocycles. The molecular formula is C14H22O2. The summed E-state index contributed by atoms with van der Waals surface area (Å²) in [5.74, 6) is 1.99. The molecule has 0 bridgehead atoms. The van der Waals surface area contributed by atoms with Crippen LogP contribution < -0.4 is 0 Å². The van der Waals surface area contributed by atoms with Crippen molar-refractivity contribution in [2.24, 2.45) is 17.8 Å². The van der Waals surface area contributed by atoms with Gasteiger partial charge in [-0.1, -0.05) is 19.3 Å². The Morgan fingerprint density at radius 2 is 1.56 bits per heavy atom. The van der Waals surface area contributed by atoms with Crippen LogP contribution in [-0.4, -0.2) is 16.5 Å². The lowest BCUT2D eigenvalue weighted by Gasteiger charge is -2.36. The van der Waals surface area contributed by atoms with Gasteiger partial charge in [0.05, 0.1) is 5.60 Å². The maximum absolute atomic E-state index is 11.4. The zero-order valence-electron chi connectivity index (χ0n) is 9.95. The van der Waals surface area contributed by atoms with Gasteiger partial charge in [-0.25, -0.2) is 0 Å². The minimum Gasteiger partial charge on any atom is -0.390 e. The van der Waals surface area contributed by atoms with Gasteiger partial charge in [-0.3, -0.25) is 4.79 Å². The van der Waals surface area contributed by atoms with E-state index in [0.717, 1.165) is 25.7 Å². The smallest absolute Gasteiger partial charge is 0.133 e. The summed E-state index contributed by atoms with van der Waals surface area (Å²) in [4.78, 5) is 11.4. The molecule has 0 aromatic heterocycles. The van der Waals surface area contributed by atoms with Gasteiger partial charge in [0.1, 0.15) is 5.78 Å². The highest BCUT2D eigenvalue weighted by Gasteiger charge is 2.51. The molecule has 0 heterocycles. The Morgan fingerprint density at radius 3 is 2.12 bits per heavy atom. The fraction of sp³-hybridized carbons (Fsp3) is 0.929. The van der Waals surface area contributed by atoms with Crippen molar-refractivity contribution >= 4 is 5.78 Å². The van der Waals surface area contributed by atoms with Crippen molar-refractivity contribution in [3.63, 3.8) is 0 Å². The molecule has 1 N–H and O–H groups in total. The summed E-state index contributed by atoms with van der Waals surface area (Å²) in [5, 5.41) is 10.8. The van der Waals surface area contributed by atoms with Crippen LogP contribution in [0.25, 0.3) is 0 Å². The van der Waals surface area contributed by atoms with E-state index >= 15 is 0 Å². The van der Waals surface area contributed by atoms with Crippen molar-refractivity contribution in [1.82, 2.24) is 0 Å². The van der Waals surface area contributed by atoms with Crippen LogP contribution in [-0.2, 0) is 4.79 Å². The average molecular weight is 222 g/mol. The second-order valence-corrected chi connectivity index (χ2v) is 6.31. The van der Waals surface area contributed by atoms with Crippen molar-refractivity contribution < 1.29 is 9.90 Å². The molecule has 0 aromatic rings. The summed E-state index contributed by atoms with van der Waals surface area (Å²) in [5.41, 5.74) is -0.406. The highest BCUT2D eigenvalue weighted by Crippen LogP contribution is 2.52. The zero-order valence-corrected chi connectivity index (χ0v) is 9.95. The van der Waals surface area contributed by atoms with Gasteiger partial charge in [-0.15, -0.1) is 0 Å². The molecule has 2 nitrogen and oxygen atoms in total. The first-order valence-corrected chi connectivity index (χ1v) is 6.91. The normalized spacial score (nSPS) is 44.9. The number of carbonyl (C=O) groups excluding carboxylic acids is 1. The largest absolute Gasteiger partial charge is 0.390 e. The van der Waals surface area contributed by atoms with E-state index in [0.29, 0.717) is 23.5 Å². The van der Waals surface area contributed by atoms with E-state index in [1.807, 2.05) is 0 Å². The number of hydrogen-bond acceptors (Lipinski definition) is 2. The Labute approximate surface area is 97.4 Å². The molecule has 0 amide bonds. The monoisotopic (exact) mass is 222 g/mol. The van der Waals surface area contributed by atoms with E-state index in [1.54, 1.807) is 0 Å². The summed E-state index contributed by atoms with van der Waals surface area (Å²) in [6.07, 6.45) is 9.68. The molecule has 0 radical (unpaired) electrons. The topological polar surface area (TPSA) is 37.3 Å². The van der Waals surface area contributed by atoms with Crippen LogP contribution in [0.5, 0.6) is 0 Å². The Hall–Kier alpha value is -0.370. The molecule has 0 saturated heterocycles. The summed E-state index contributed by atoms with van der Waals surface area (Å²) in [7, 11) is 0. The zero-order chi connectivity index (χ0) is 11.2. The Morgan fingerprint density at radius 1 is 1.00 bits per heavy atom. The van der Waals surface area contributed by atoms with Crippen LogP contribution in [0.2, 0.25) is 0 Å². The van der Waals surface area contributed by atoms with Crippen molar-refractivity contribution in [3.05, 3.63) is 0 Å². The van der Waals surface area contributed by atoms with Crippen molar-refractivity contribution in [3.8, 4) is 0 Å². The van der Waals surface area contributed by atoms with Crippen LogP contribution in [0.3, 0.4) is 0 Å². The third kappa shape index (κ3) is 1.71. The molecule has 0 aliphatic heterocycles. The lowest BCUT2D eigenvalue weighted by molar-refractivity contribution is -0.118. The van der Waals surface area contributed by atoms with Crippen LogP contribution in [0.1, 0.15) is 57.8 Å². The average Bonchev–Trinajstić information content (AvgIpc) is 2.73. The van der Waals surface area contributed by atoms with Gasteiger partial charge in [0, 0.05) is 12.8 Å². The van der Waals surface area contributed by atoms with Gasteiger partial charge < -0.3 is 5.11 Å². The van der Waals surface area contributed by atoms with Gasteiger partial charge >= 0.3 is 0 Å². The number of ketones is 1. The SMILES string of the molecule is O=C1C[C@@H]2C[C@](O)(C3CCCCC3)C[C@@H]2C1. The van der Waals surface area contributed by atoms with Crippen LogP contribution in [0, 0.1) is 17.8 Å². The second kappa shape index (κ2) is 3.83. The fourth-order valence-electron chi connectivity index (χ4n) is 4.44. The number of aliphatic hydroxyl groups is 1. The van der Waals surface area contributed by atoms with E-state index in [2.05, 4.69) is 0 Å². The van der Waals surface area contributed by atoms with Crippen LogP contribution in [0.15, 0.2) is 0 Å². The van der Waals surface area contributed by atoms with E-state index in [-0.39, 0.29) is 0 Å². The Bertz CT molecular complexity index is 275. The van der Waals surface area contributed by atoms with Crippen LogP contribution in [0.4, 0.5) is 0 Å². The van der Waals surface area contributed by atoms with E-state index in [1.165, 1.54) is 32.1 Å². The van der Waals surface area contributed by atoms with Crippen molar-refractivity contribution in [2.75, 3.05) is 0 Å².